The molecule has 0 aliphatic carbocycles. The fourth-order valence-electron chi connectivity index (χ4n) is 3.05. The van der Waals surface area contributed by atoms with Gasteiger partial charge in [-0.25, -0.2) is 0 Å². The first kappa shape index (κ1) is 17.6. The van der Waals surface area contributed by atoms with Crippen molar-refractivity contribution in [2.75, 3.05) is 12.4 Å². The molecule has 0 radical (unpaired) electrons. The molecular weight excluding hydrogens is 360 g/mol. The van der Waals surface area contributed by atoms with E-state index in [0.717, 1.165) is 27.7 Å². The third-order valence-electron chi connectivity index (χ3n) is 4.51. The molecular formula is C20H20N4O2S. The molecule has 0 amide bonds. The number of ether oxygens (including phenoxy) is 1. The molecule has 0 fully saturated rings. The maximum atomic E-state index is 12.5. The van der Waals surface area contributed by atoms with Crippen LogP contribution in [0.4, 0.5) is 0 Å². The van der Waals surface area contributed by atoms with Crippen molar-refractivity contribution < 1.29 is 4.74 Å². The van der Waals surface area contributed by atoms with Crippen LogP contribution in [0.25, 0.3) is 16.7 Å². The van der Waals surface area contributed by atoms with Gasteiger partial charge in [0, 0.05) is 12.8 Å². The molecule has 0 atom stereocenters. The van der Waals surface area contributed by atoms with Gasteiger partial charge in [0.15, 0.2) is 5.16 Å². The molecule has 0 aliphatic heterocycles. The second-order valence-corrected chi connectivity index (χ2v) is 7.53. The van der Waals surface area contributed by atoms with E-state index in [0.29, 0.717) is 17.8 Å². The van der Waals surface area contributed by atoms with E-state index in [4.69, 9.17) is 4.74 Å². The van der Waals surface area contributed by atoms with Gasteiger partial charge in [-0.3, -0.25) is 13.8 Å². The van der Waals surface area contributed by atoms with Crippen LogP contribution in [0, 0.1) is 13.8 Å². The quantitative estimate of drug-likeness (QED) is 0.392. The molecule has 0 N–H and O–H groups in total. The summed E-state index contributed by atoms with van der Waals surface area (Å²) >= 11 is 1.56. The number of para-hydroxylation sites is 1. The number of benzene rings is 2. The number of rotatable bonds is 5. The summed E-state index contributed by atoms with van der Waals surface area (Å²) in [5.41, 5.74) is 3.05. The molecule has 2 aromatic heterocycles. The standard InChI is InChI=1S/C20H20N4O2S/c1-13-8-9-14(2)17(12-13)26-10-11-27-20-22-21-19-23(3)18(25)15-6-4-5-7-16(15)24(19)20/h4-9,12H,10-11H2,1-3H3. The van der Waals surface area contributed by atoms with Gasteiger partial charge in [0.25, 0.3) is 5.56 Å². The van der Waals surface area contributed by atoms with Gasteiger partial charge in [-0.1, -0.05) is 36.0 Å². The second kappa shape index (κ2) is 7.08. The van der Waals surface area contributed by atoms with E-state index < -0.39 is 0 Å². The summed E-state index contributed by atoms with van der Waals surface area (Å²) in [6, 6.07) is 13.7. The molecule has 0 bridgehead atoms. The van der Waals surface area contributed by atoms with E-state index in [1.807, 2.05) is 35.6 Å². The predicted octanol–water partition coefficient (Wildman–Crippen LogP) is 3.37. The van der Waals surface area contributed by atoms with E-state index in [-0.39, 0.29) is 5.56 Å². The number of fused-ring (bicyclic) bond motifs is 3. The Hall–Kier alpha value is -2.80. The zero-order valence-electron chi connectivity index (χ0n) is 15.5. The summed E-state index contributed by atoms with van der Waals surface area (Å²) in [5.74, 6) is 2.18. The van der Waals surface area contributed by atoms with E-state index >= 15 is 0 Å². The molecule has 0 unspecified atom stereocenters. The van der Waals surface area contributed by atoms with Crippen molar-refractivity contribution in [3.63, 3.8) is 0 Å². The van der Waals surface area contributed by atoms with E-state index in [1.54, 1.807) is 18.8 Å². The van der Waals surface area contributed by atoms with Crippen molar-refractivity contribution in [1.29, 1.82) is 0 Å². The van der Waals surface area contributed by atoms with Crippen LogP contribution < -0.4 is 10.3 Å². The van der Waals surface area contributed by atoms with Gasteiger partial charge in [0.1, 0.15) is 5.75 Å². The Morgan fingerprint density at radius 3 is 2.78 bits per heavy atom. The summed E-state index contributed by atoms with van der Waals surface area (Å²) in [4.78, 5) is 12.5. The summed E-state index contributed by atoms with van der Waals surface area (Å²) < 4.78 is 9.39. The largest absolute Gasteiger partial charge is 0.492 e. The van der Waals surface area contributed by atoms with Crippen LogP contribution in [-0.4, -0.2) is 31.5 Å². The SMILES string of the molecule is Cc1ccc(C)c(OCCSc2nnc3n(C)c(=O)c4ccccc4n23)c1. The van der Waals surface area contributed by atoms with E-state index in [9.17, 15) is 4.79 Å². The summed E-state index contributed by atoms with van der Waals surface area (Å²) in [5, 5.41) is 9.90. The highest BCUT2D eigenvalue weighted by Gasteiger charge is 2.14. The number of nitrogens with zero attached hydrogens (tertiary/aromatic N) is 4. The van der Waals surface area contributed by atoms with Gasteiger partial charge in [-0.05, 0) is 43.2 Å². The topological polar surface area (TPSA) is 61.4 Å². The monoisotopic (exact) mass is 380 g/mol. The van der Waals surface area contributed by atoms with Crippen molar-refractivity contribution in [1.82, 2.24) is 19.2 Å². The summed E-state index contributed by atoms with van der Waals surface area (Å²) in [6.07, 6.45) is 0. The average molecular weight is 380 g/mol. The second-order valence-electron chi connectivity index (χ2n) is 6.47. The van der Waals surface area contributed by atoms with Gasteiger partial charge in [-0.2, -0.15) is 0 Å². The smallest absolute Gasteiger partial charge is 0.262 e. The van der Waals surface area contributed by atoms with Crippen LogP contribution in [0.15, 0.2) is 52.4 Å². The van der Waals surface area contributed by atoms with Crippen LogP contribution >= 0.6 is 11.8 Å². The molecule has 27 heavy (non-hydrogen) atoms. The normalized spacial score (nSPS) is 11.4. The fraction of sp³-hybridized carbons (Fsp3) is 0.250. The van der Waals surface area contributed by atoms with Crippen molar-refractivity contribution >= 4 is 28.4 Å². The Labute approximate surface area is 160 Å². The summed E-state index contributed by atoms with van der Waals surface area (Å²) in [7, 11) is 1.72. The highest BCUT2D eigenvalue weighted by molar-refractivity contribution is 7.99. The minimum Gasteiger partial charge on any atom is -0.492 e. The predicted molar refractivity (Wildman–Crippen MR) is 108 cm³/mol. The Balaban J connectivity index is 1.58. The molecule has 6 nitrogen and oxygen atoms in total. The molecule has 0 saturated heterocycles. The van der Waals surface area contributed by atoms with Gasteiger partial charge in [0.05, 0.1) is 17.5 Å². The van der Waals surface area contributed by atoms with Crippen LogP contribution in [0.2, 0.25) is 0 Å². The van der Waals surface area contributed by atoms with Crippen LogP contribution in [0.1, 0.15) is 11.1 Å². The zero-order chi connectivity index (χ0) is 19.0. The lowest BCUT2D eigenvalue weighted by Gasteiger charge is -2.10. The Kier molecular flexibility index (Phi) is 4.61. The average Bonchev–Trinajstić information content (AvgIpc) is 3.10. The van der Waals surface area contributed by atoms with Crippen molar-refractivity contribution in [3.8, 4) is 5.75 Å². The molecule has 138 valence electrons. The highest BCUT2D eigenvalue weighted by Crippen LogP contribution is 2.23. The molecule has 4 rings (SSSR count). The van der Waals surface area contributed by atoms with Gasteiger partial charge >= 0.3 is 0 Å². The minimum atomic E-state index is -0.0692. The third-order valence-corrected chi connectivity index (χ3v) is 5.41. The Morgan fingerprint density at radius 2 is 1.93 bits per heavy atom. The van der Waals surface area contributed by atoms with Gasteiger partial charge in [-0.15, -0.1) is 10.2 Å². The lowest BCUT2D eigenvalue weighted by Crippen LogP contribution is -2.20. The summed E-state index contributed by atoms with van der Waals surface area (Å²) in [6.45, 7) is 4.66. The lowest BCUT2D eigenvalue weighted by atomic mass is 10.1. The molecule has 0 spiro atoms. The van der Waals surface area contributed by atoms with E-state index in [2.05, 4.69) is 35.3 Å². The van der Waals surface area contributed by atoms with Crippen LogP contribution in [0.3, 0.4) is 0 Å². The number of aromatic nitrogens is 4. The molecule has 2 aromatic carbocycles. The number of aryl methyl sites for hydroxylation is 3. The maximum Gasteiger partial charge on any atom is 0.262 e. The first-order valence-corrected chi connectivity index (χ1v) is 9.70. The first-order chi connectivity index (χ1) is 13.1. The minimum absolute atomic E-state index is 0.0692. The maximum absolute atomic E-state index is 12.5. The number of hydrogen-bond donors (Lipinski definition) is 0. The van der Waals surface area contributed by atoms with Gasteiger partial charge < -0.3 is 4.74 Å². The molecule has 4 aromatic rings. The molecule has 0 saturated carbocycles. The van der Waals surface area contributed by atoms with Crippen molar-refractivity contribution in [2.45, 2.75) is 19.0 Å². The molecule has 7 heteroatoms. The Morgan fingerprint density at radius 1 is 1.11 bits per heavy atom. The van der Waals surface area contributed by atoms with Crippen LogP contribution in [-0.2, 0) is 7.05 Å². The molecule has 0 aliphatic rings. The number of thioether (sulfide) groups is 1. The van der Waals surface area contributed by atoms with Crippen molar-refractivity contribution in [3.05, 3.63) is 63.9 Å². The third kappa shape index (κ3) is 3.19. The lowest BCUT2D eigenvalue weighted by molar-refractivity contribution is 0.341. The van der Waals surface area contributed by atoms with E-state index in [1.165, 1.54) is 10.1 Å². The van der Waals surface area contributed by atoms with Crippen molar-refractivity contribution in [2.24, 2.45) is 7.05 Å². The molecule has 2 heterocycles. The fourth-order valence-corrected chi connectivity index (χ4v) is 3.81. The first-order valence-electron chi connectivity index (χ1n) is 8.72. The van der Waals surface area contributed by atoms with Crippen LogP contribution in [0.5, 0.6) is 5.75 Å². The van der Waals surface area contributed by atoms with Gasteiger partial charge in [0.2, 0.25) is 5.78 Å². The number of hydrogen-bond acceptors (Lipinski definition) is 5. The Bertz CT molecular complexity index is 1200. The highest BCUT2D eigenvalue weighted by atomic mass is 32.2. The zero-order valence-corrected chi connectivity index (χ0v) is 16.3.